The number of para-hydroxylation sites is 1. The van der Waals surface area contributed by atoms with Crippen LogP contribution in [-0.2, 0) is 11.4 Å². The highest BCUT2D eigenvalue weighted by molar-refractivity contribution is 14.1. The topological polar surface area (TPSA) is 113 Å². The Morgan fingerprint density at radius 1 is 1.09 bits per heavy atom. The van der Waals surface area contributed by atoms with E-state index in [4.69, 9.17) is 14.7 Å². The van der Waals surface area contributed by atoms with Crippen LogP contribution in [-0.4, -0.2) is 31.7 Å². The third-order valence-corrected chi connectivity index (χ3v) is 6.25. The molecule has 0 aromatic heterocycles. The highest BCUT2D eigenvalue weighted by Crippen LogP contribution is 2.29. The number of carbonyl (C=O) groups is 2. The number of nitriles is 1. The standard InChI is InChI=1S/C25H20I2N4O4/c1-34-22-5-3-2-4-19(22)25(33)29-14-23(32)31-30-13-18-10-20(26)24(21(27)11-18)35-15-17-8-6-16(12-28)7-9-17/h2-11,13H,14-15H2,1H3,(H,29,33)(H,31,32). The smallest absolute Gasteiger partial charge is 0.259 e. The van der Waals surface area contributed by atoms with Gasteiger partial charge in [0.25, 0.3) is 11.8 Å². The number of nitrogens with zero attached hydrogens (tertiary/aromatic N) is 2. The molecule has 0 radical (unpaired) electrons. The van der Waals surface area contributed by atoms with Crippen LogP contribution < -0.4 is 20.2 Å². The monoisotopic (exact) mass is 694 g/mol. The summed E-state index contributed by atoms with van der Waals surface area (Å²) < 4.78 is 12.9. The van der Waals surface area contributed by atoms with Crippen LogP contribution in [0.25, 0.3) is 0 Å². The van der Waals surface area contributed by atoms with Crippen LogP contribution in [0.15, 0.2) is 65.8 Å². The number of hydrogen-bond acceptors (Lipinski definition) is 6. The number of rotatable bonds is 9. The van der Waals surface area contributed by atoms with Gasteiger partial charge in [-0.15, -0.1) is 0 Å². The SMILES string of the molecule is COc1ccccc1C(=O)NCC(=O)NN=Cc1cc(I)c(OCc2ccc(C#N)cc2)c(I)c1. The molecule has 0 atom stereocenters. The fraction of sp³-hybridized carbons (Fsp3) is 0.120. The molecule has 3 rings (SSSR count). The van der Waals surface area contributed by atoms with Crippen molar-refractivity contribution in [3.63, 3.8) is 0 Å². The first-order valence-corrected chi connectivity index (χ1v) is 12.4. The van der Waals surface area contributed by atoms with Gasteiger partial charge in [-0.05, 0) is 92.7 Å². The van der Waals surface area contributed by atoms with Gasteiger partial charge >= 0.3 is 0 Å². The molecule has 0 bridgehead atoms. The van der Waals surface area contributed by atoms with Crippen molar-refractivity contribution in [1.29, 1.82) is 5.26 Å². The largest absolute Gasteiger partial charge is 0.496 e. The molecule has 10 heteroatoms. The maximum Gasteiger partial charge on any atom is 0.259 e. The minimum atomic E-state index is -0.462. The average molecular weight is 694 g/mol. The van der Waals surface area contributed by atoms with E-state index in [-0.39, 0.29) is 6.54 Å². The van der Waals surface area contributed by atoms with Gasteiger partial charge in [-0.25, -0.2) is 5.43 Å². The minimum Gasteiger partial charge on any atom is -0.496 e. The van der Waals surface area contributed by atoms with E-state index in [2.05, 4.69) is 67.1 Å². The molecule has 2 amide bonds. The molecule has 0 saturated carbocycles. The highest BCUT2D eigenvalue weighted by Gasteiger charge is 2.12. The van der Waals surface area contributed by atoms with E-state index in [1.807, 2.05) is 24.3 Å². The summed E-state index contributed by atoms with van der Waals surface area (Å²) in [6.45, 7) is 0.146. The number of hydrazone groups is 1. The molecule has 3 aromatic rings. The molecule has 178 valence electrons. The molecule has 2 N–H and O–H groups in total. The second-order valence-corrected chi connectivity index (χ2v) is 9.41. The Hall–Kier alpha value is -3.18. The summed E-state index contributed by atoms with van der Waals surface area (Å²) in [6.07, 6.45) is 1.52. The Morgan fingerprint density at radius 2 is 1.77 bits per heavy atom. The van der Waals surface area contributed by atoms with E-state index >= 15 is 0 Å². The van der Waals surface area contributed by atoms with Crippen LogP contribution in [0.2, 0.25) is 0 Å². The van der Waals surface area contributed by atoms with Gasteiger partial charge < -0.3 is 14.8 Å². The fourth-order valence-corrected chi connectivity index (χ4v) is 5.06. The Morgan fingerprint density at radius 3 is 2.43 bits per heavy atom. The van der Waals surface area contributed by atoms with E-state index in [0.717, 1.165) is 24.0 Å². The van der Waals surface area contributed by atoms with Gasteiger partial charge in [0.2, 0.25) is 0 Å². The molecule has 0 aliphatic heterocycles. The Labute approximate surface area is 230 Å². The lowest BCUT2D eigenvalue weighted by molar-refractivity contribution is -0.120. The number of halogens is 2. The van der Waals surface area contributed by atoms with Gasteiger partial charge in [-0.3, -0.25) is 9.59 Å². The second-order valence-electron chi connectivity index (χ2n) is 7.09. The number of amides is 2. The van der Waals surface area contributed by atoms with Crippen molar-refractivity contribution >= 4 is 63.2 Å². The summed E-state index contributed by atoms with van der Waals surface area (Å²) >= 11 is 4.37. The normalized spacial score (nSPS) is 10.5. The van der Waals surface area contributed by atoms with Crippen molar-refractivity contribution in [3.05, 3.63) is 90.1 Å². The molecule has 0 aliphatic rings. The van der Waals surface area contributed by atoms with Crippen LogP contribution in [0, 0.1) is 18.5 Å². The first kappa shape index (κ1) is 26.4. The first-order chi connectivity index (χ1) is 16.9. The predicted molar refractivity (Wildman–Crippen MR) is 148 cm³/mol. The van der Waals surface area contributed by atoms with Crippen molar-refractivity contribution in [2.45, 2.75) is 6.61 Å². The highest BCUT2D eigenvalue weighted by atomic mass is 127. The molecule has 0 spiro atoms. The lowest BCUT2D eigenvalue weighted by Gasteiger charge is -2.11. The van der Waals surface area contributed by atoms with E-state index in [0.29, 0.717) is 23.5 Å². The second kappa shape index (κ2) is 13.1. The summed E-state index contributed by atoms with van der Waals surface area (Å²) in [5.74, 6) is 0.298. The Bertz CT molecular complexity index is 1260. The van der Waals surface area contributed by atoms with Gasteiger partial charge in [0.15, 0.2) is 0 Å². The number of methoxy groups -OCH3 is 1. The van der Waals surface area contributed by atoms with Crippen LogP contribution >= 0.6 is 45.2 Å². The number of hydrogen-bond donors (Lipinski definition) is 2. The van der Waals surface area contributed by atoms with Crippen LogP contribution in [0.5, 0.6) is 11.5 Å². The molecule has 0 heterocycles. The quantitative estimate of drug-likeness (QED) is 0.198. The number of nitrogens with one attached hydrogen (secondary N) is 2. The van der Waals surface area contributed by atoms with Crippen molar-refractivity contribution < 1.29 is 19.1 Å². The molecule has 3 aromatic carbocycles. The lowest BCUT2D eigenvalue weighted by Crippen LogP contribution is -2.35. The summed E-state index contributed by atoms with van der Waals surface area (Å²) in [5.41, 5.74) is 5.09. The van der Waals surface area contributed by atoms with Gasteiger partial charge in [0.05, 0.1) is 44.2 Å². The van der Waals surface area contributed by atoms with E-state index in [1.54, 1.807) is 36.4 Å². The van der Waals surface area contributed by atoms with Crippen molar-refractivity contribution in [2.75, 3.05) is 13.7 Å². The van der Waals surface area contributed by atoms with Crippen molar-refractivity contribution in [1.82, 2.24) is 10.7 Å². The van der Waals surface area contributed by atoms with Gasteiger partial charge in [0, 0.05) is 0 Å². The van der Waals surface area contributed by atoms with Gasteiger partial charge in [-0.1, -0.05) is 24.3 Å². The summed E-state index contributed by atoms with van der Waals surface area (Å²) in [6, 6.07) is 19.9. The molecule has 0 aliphatic carbocycles. The number of carbonyl (C=O) groups excluding carboxylic acids is 2. The average Bonchev–Trinajstić information content (AvgIpc) is 2.87. The van der Waals surface area contributed by atoms with Gasteiger partial charge in [-0.2, -0.15) is 10.4 Å². The van der Waals surface area contributed by atoms with E-state index in [9.17, 15) is 9.59 Å². The molecule has 0 unspecified atom stereocenters. The fourth-order valence-electron chi connectivity index (χ4n) is 2.93. The Kier molecular flexibility index (Phi) is 9.86. The molecule has 35 heavy (non-hydrogen) atoms. The predicted octanol–water partition coefficient (Wildman–Crippen LogP) is 4.24. The molecule has 8 nitrogen and oxygen atoms in total. The zero-order valence-electron chi connectivity index (χ0n) is 18.5. The molecular formula is C25H20I2N4O4. The van der Waals surface area contributed by atoms with Crippen LogP contribution in [0.4, 0.5) is 0 Å². The zero-order chi connectivity index (χ0) is 25.2. The minimum absolute atomic E-state index is 0.231. The third kappa shape index (κ3) is 7.66. The lowest BCUT2D eigenvalue weighted by atomic mass is 10.1. The molecule has 0 fully saturated rings. The molecular weight excluding hydrogens is 674 g/mol. The number of ether oxygens (including phenoxy) is 2. The summed E-state index contributed by atoms with van der Waals surface area (Å²) in [4.78, 5) is 24.3. The van der Waals surface area contributed by atoms with E-state index in [1.165, 1.54) is 13.3 Å². The van der Waals surface area contributed by atoms with Crippen molar-refractivity contribution in [3.8, 4) is 17.6 Å². The maximum absolute atomic E-state index is 12.3. The number of benzene rings is 3. The van der Waals surface area contributed by atoms with Crippen LogP contribution in [0.1, 0.15) is 27.0 Å². The third-order valence-electron chi connectivity index (χ3n) is 4.65. The summed E-state index contributed by atoms with van der Waals surface area (Å²) in [7, 11) is 1.48. The van der Waals surface area contributed by atoms with Crippen LogP contribution in [0.3, 0.4) is 0 Å². The maximum atomic E-state index is 12.3. The van der Waals surface area contributed by atoms with Gasteiger partial charge in [0.1, 0.15) is 18.1 Å². The van der Waals surface area contributed by atoms with E-state index < -0.39 is 11.8 Å². The van der Waals surface area contributed by atoms with Crippen molar-refractivity contribution in [2.24, 2.45) is 5.10 Å². The summed E-state index contributed by atoms with van der Waals surface area (Å²) in [5, 5.41) is 15.4. The first-order valence-electron chi connectivity index (χ1n) is 10.2. The Balaban J connectivity index is 1.52. The zero-order valence-corrected chi connectivity index (χ0v) is 22.9. The molecule has 0 saturated heterocycles.